The molecule has 0 radical (unpaired) electrons. The van der Waals surface area contributed by atoms with Gasteiger partial charge in [0.15, 0.2) is 0 Å². The normalized spacial score (nSPS) is 23.4. The molecular weight excluding hydrogens is 320 g/mol. The molecule has 2 rings (SSSR count). The van der Waals surface area contributed by atoms with Gasteiger partial charge in [-0.3, -0.25) is 0 Å². The molecule has 120 valence electrons. The van der Waals surface area contributed by atoms with Crippen LogP contribution in [0.15, 0.2) is 21.8 Å². The number of furan rings is 1. The average molecular weight is 339 g/mol. The Morgan fingerprint density at radius 1 is 1.48 bits per heavy atom. The van der Waals surface area contributed by atoms with Crippen LogP contribution in [0.2, 0.25) is 0 Å². The fourth-order valence-corrected chi connectivity index (χ4v) is 3.79. The third kappa shape index (κ3) is 3.39. The number of esters is 1. The van der Waals surface area contributed by atoms with Gasteiger partial charge in [-0.15, -0.1) is 12.4 Å². The molecule has 1 aromatic rings. The minimum absolute atomic E-state index is 0. The summed E-state index contributed by atoms with van der Waals surface area (Å²) in [6.07, 6.45) is 1.09. The zero-order valence-corrected chi connectivity index (χ0v) is 13.7. The van der Waals surface area contributed by atoms with Gasteiger partial charge in [0.2, 0.25) is 5.09 Å². The highest BCUT2D eigenvalue weighted by atomic mass is 35.5. The molecule has 7 nitrogen and oxygen atoms in total. The van der Waals surface area contributed by atoms with Crippen molar-refractivity contribution in [1.29, 1.82) is 0 Å². The van der Waals surface area contributed by atoms with E-state index in [1.54, 1.807) is 0 Å². The summed E-state index contributed by atoms with van der Waals surface area (Å²) in [7, 11) is -2.52. The predicted molar refractivity (Wildman–Crippen MR) is 78.1 cm³/mol. The highest BCUT2D eigenvalue weighted by Crippen LogP contribution is 2.23. The van der Waals surface area contributed by atoms with E-state index in [0.717, 1.165) is 6.26 Å². The molecule has 2 unspecified atom stereocenters. The summed E-state index contributed by atoms with van der Waals surface area (Å²) in [5.41, 5.74) is 0.0851. The monoisotopic (exact) mass is 338 g/mol. The van der Waals surface area contributed by atoms with Crippen molar-refractivity contribution in [3.05, 3.63) is 17.9 Å². The van der Waals surface area contributed by atoms with Crippen LogP contribution in [0.25, 0.3) is 0 Å². The van der Waals surface area contributed by atoms with Crippen molar-refractivity contribution in [3.63, 3.8) is 0 Å². The van der Waals surface area contributed by atoms with Gasteiger partial charge >= 0.3 is 5.97 Å². The minimum Gasteiger partial charge on any atom is -0.465 e. The maximum absolute atomic E-state index is 12.5. The minimum atomic E-state index is -3.75. The SMILES string of the molecule is COC(=O)c1coc(S(=O)(=O)N2CCNC(C)C2C)c1.Cl. The van der Waals surface area contributed by atoms with E-state index < -0.39 is 16.0 Å². The maximum atomic E-state index is 12.5. The van der Waals surface area contributed by atoms with Gasteiger partial charge in [-0.25, -0.2) is 13.2 Å². The molecule has 2 atom stereocenters. The number of halogens is 1. The van der Waals surface area contributed by atoms with Crippen LogP contribution in [0.4, 0.5) is 0 Å². The number of carbonyl (C=O) groups excluding carboxylic acids is 1. The Morgan fingerprint density at radius 2 is 2.14 bits per heavy atom. The number of methoxy groups -OCH3 is 1. The number of ether oxygens (including phenoxy) is 1. The largest absolute Gasteiger partial charge is 0.465 e. The average Bonchev–Trinajstić information content (AvgIpc) is 2.91. The van der Waals surface area contributed by atoms with E-state index in [2.05, 4.69) is 10.1 Å². The van der Waals surface area contributed by atoms with Crippen LogP contribution in [0, 0.1) is 0 Å². The molecule has 21 heavy (non-hydrogen) atoms. The van der Waals surface area contributed by atoms with Gasteiger partial charge < -0.3 is 14.5 Å². The number of nitrogens with zero attached hydrogens (tertiary/aromatic N) is 1. The molecule has 9 heteroatoms. The molecule has 0 aromatic carbocycles. The van der Waals surface area contributed by atoms with E-state index in [-0.39, 0.29) is 35.1 Å². The first kappa shape index (κ1) is 18.0. The highest BCUT2D eigenvalue weighted by molar-refractivity contribution is 7.89. The summed E-state index contributed by atoms with van der Waals surface area (Å²) in [5, 5.41) is 2.97. The highest BCUT2D eigenvalue weighted by Gasteiger charge is 2.36. The van der Waals surface area contributed by atoms with Crippen molar-refractivity contribution in [2.75, 3.05) is 20.2 Å². The molecule has 1 N–H and O–H groups in total. The topological polar surface area (TPSA) is 88.8 Å². The number of hydrogen-bond donors (Lipinski definition) is 1. The summed E-state index contributed by atoms with van der Waals surface area (Å²) in [6.45, 7) is 4.70. The van der Waals surface area contributed by atoms with E-state index in [0.29, 0.717) is 13.1 Å². The van der Waals surface area contributed by atoms with Crippen molar-refractivity contribution in [1.82, 2.24) is 9.62 Å². The molecule has 0 aliphatic carbocycles. The first-order valence-electron chi connectivity index (χ1n) is 6.30. The Bertz CT molecular complexity index is 601. The predicted octanol–water partition coefficient (Wildman–Crippen LogP) is 0.859. The zero-order chi connectivity index (χ0) is 14.9. The molecule has 1 aliphatic rings. The Morgan fingerprint density at radius 3 is 2.76 bits per heavy atom. The fourth-order valence-electron chi connectivity index (χ4n) is 2.16. The standard InChI is InChI=1S/C12H18N2O5S.ClH/c1-8-9(2)14(5-4-13-8)20(16,17)11-6-10(7-19-11)12(15)18-3;/h6-9,13H,4-5H2,1-3H3;1H. The van der Waals surface area contributed by atoms with Gasteiger partial charge in [-0.1, -0.05) is 0 Å². The maximum Gasteiger partial charge on any atom is 0.341 e. The zero-order valence-electron chi connectivity index (χ0n) is 12.0. The second kappa shape index (κ2) is 6.78. The van der Waals surface area contributed by atoms with Gasteiger partial charge in [0.05, 0.1) is 12.7 Å². The lowest BCUT2D eigenvalue weighted by molar-refractivity contribution is 0.0600. The van der Waals surface area contributed by atoms with Crippen LogP contribution in [0.1, 0.15) is 24.2 Å². The summed E-state index contributed by atoms with van der Waals surface area (Å²) >= 11 is 0. The summed E-state index contributed by atoms with van der Waals surface area (Å²) in [4.78, 5) is 11.3. The molecule has 1 fully saturated rings. The molecule has 0 saturated carbocycles. The lowest BCUT2D eigenvalue weighted by Crippen LogP contribution is -2.56. The third-order valence-electron chi connectivity index (χ3n) is 3.54. The Labute approximate surface area is 130 Å². The third-order valence-corrected chi connectivity index (χ3v) is 5.39. The van der Waals surface area contributed by atoms with E-state index in [1.165, 1.54) is 17.5 Å². The second-order valence-corrected chi connectivity index (χ2v) is 6.57. The molecule has 1 aliphatic heterocycles. The van der Waals surface area contributed by atoms with Crippen molar-refractivity contribution < 1.29 is 22.4 Å². The van der Waals surface area contributed by atoms with E-state index in [4.69, 9.17) is 4.42 Å². The number of piperazine rings is 1. The number of sulfonamides is 1. The molecule has 0 amide bonds. The van der Waals surface area contributed by atoms with E-state index in [9.17, 15) is 13.2 Å². The van der Waals surface area contributed by atoms with Gasteiger partial charge in [0, 0.05) is 31.2 Å². The number of nitrogens with one attached hydrogen (secondary N) is 1. The Balaban J connectivity index is 0.00000220. The molecule has 2 heterocycles. The molecule has 0 spiro atoms. The smallest absolute Gasteiger partial charge is 0.341 e. The Kier molecular flexibility index (Phi) is 5.80. The number of hydrogen-bond acceptors (Lipinski definition) is 6. The van der Waals surface area contributed by atoms with Crippen LogP contribution in [-0.4, -0.2) is 51.0 Å². The lowest BCUT2D eigenvalue weighted by atomic mass is 10.1. The van der Waals surface area contributed by atoms with Crippen LogP contribution in [-0.2, 0) is 14.8 Å². The molecule has 1 saturated heterocycles. The molecular formula is C12H19ClN2O5S. The van der Waals surface area contributed by atoms with E-state index >= 15 is 0 Å². The first-order valence-corrected chi connectivity index (χ1v) is 7.74. The van der Waals surface area contributed by atoms with Crippen LogP contribution >= 0.6 is 12.4 Å². The number of rotatable bonds is 3. The van der Waals surface area contributed by atoms with Crippen molar-refractivity contribution >= 4 is 28.4 Å². The quantitative estimate of drug-likeness (QED) is 0.822. The van der Waals surface area contributed by atoms with Crippen molar-refractivity contribution in [3.8, 4) is 0 Å². The first-order chi connectivity index (χ1) is 9.37. The number of carbonyl (C=O) groups is 1. The van der Waals surface area contributed by atoms with Crippen molar-refractivity contribution in [2.45, 2.75) is 31.0 Å². The van der Waals surface area contributed by atoms with Crippen LogP contribution in [0.3, 0.4) is 0 Å². The summed E-state index contributed by atoms with van der Waals surface area (Å²) < 4.78 is 36.0. The second-order valence-electron chi connectivity index (χ2n) is 4.75. The Hall–Kier alpha value is -1.09. The molecule has 1 aromatic heterocycles. The summed E-state index contributed by atoms with van der Waals surface area (Å²) in [6, 6.07) is 1.05. The summed E-state index contributed by atoms with van der Waals surface area (Å²) in [5.74, 6) is -0.628. The van der Waals surface area contributed by atoms with Crippen LogP contribution < -0.4 is 5.32 Å². The fraction of sp³-hybridized carbons (Fsp3) is 0.583. The molecule has 0 bridgehead atoms. The van der Waals surface area contributed by atoms with Gasteiger partial charge in [-0.05, 0) is 13.8 Å². The van der Waals surface area contributed by atoms with Crippen molar-refractivity contribution in [2.24, 2.45) is 0 Å². The van der Waals surface area contributed by atoms with Gasteiger partial charge in [0.25, 0.3) is 10.0 Å². The lowest BCUT2D eigenvalue weighted by Gasteiger charge is -2.36. The van der Waals surface area contributed by atoms with Gasteiger partial charge in [0.1, 0.15) is 6.26 Å². The van der Waals surface area contributed by atoms with Crippen LogP contribution in [0.5, 0.6) is 0 Å². The van der Waals surface area contributed by atoms with E-state index in [1.807, 2.05) is 13.8 Å². The van der Waals surface area contributed by atoms with Gasteiger partial charge in [-0.2, -0.15) is 4.31 Å².